The highest BCUT2D eigenvalue weighted by molar-refractivity contribution is 5.96. The second-order valence-electron chi connectivity index (χ2n) is 11.6. The molecule has 1 atom stereocenters. The monoisotopic (exact) mass is 654 g/mol. The third-order valence-corrected chi connectivity index (χ3v) is 8.41. The van der Waals surface area contributed by atoms with Crippen molar-refractivity contribution in [1.82, 2.24) is 24.8 Å². The minimum absolute atomic E-state index is 0.0338. The Morgan fingerprint density at radius 1 is 1.00 bits per heavy atom. The third-order valence-electron chi connectivity index (χ3n) is 8.41. The van der Waals surface area contributed by atoms with E-state index in [4.69, 9.17) is 10.8 Å². The number of carbonyl (C=O) groups is 1. The molecule has 13 heteroatoms. The number of likely N-dealkylation sites (tertiary alicyclic amines) is 1. The molecule has 1 aliphatic heterocycles. The molecular weight excluding hydrogens is 621 g/mol. The van der Waals surface area contributed by atoms with Crippen molar-refractivity contribution in [3.8, 4) is 22.4 Å². The minimum atomic E-state index is -1.75. The molecule has 5 aromatic rings. The van der Waals surface area contributed by atoms with Crippen LogP contribution >= 0.6 is 0 Å². The maximum atomic E-state index is 14.8. The second-order valence-corrected chi connectivity index (χ2v) is 11.6. The molecule has 0 saturated carbocycles. The molecule has 48 heavy (non-hydrogen) atoms. The highest BCUT2D eigenvalue weighted by Gasteiger charge is 2.36. The quantitative estimate of drug-likeness (QED) is 0.149. The fourth-order valence-electron chi connectivity index (χ4n) is 6.04. The number of nitrogens with zero attached hydrogens (tertiary/aromatic N) is 6. The molecule has 4 N–H and O–H groups in total. The number of β-amino-alcohol motifs (C(OH)–C–C–N with tert-alkyl or cyclic N) is 1. The average Bonchev–Trinajstić information content (AvgIpc) is 3.47. The van der Waals surface area contributed by atoms with Gasteiger partial charge < -0.3 is 16.2 Å². The summed E-state index contributed by atoms with van der Waals surface area (Å²) in [5.74, 6) is -2.23. The molecule has 246 valence electrons. The largest absolute Gasteiger partial charge is 0.390 e. The van der Waals surface area contributed by atoms with Crippen molar-refractivity contribution in [2.24, 2.45) is 15.7 Å². The summed E-state index contributed by atoms with van der Waals surface area (Å²) in [5.41, 5.74) is 7.69. The van der Waals surface area contributed by atoms with E-state index in [1.807, 2.05) is 23.1 Å². The van der Waals surface area contributed by atoms with Gasteiger partial charge in [-0.05, 0) is 73.0 Å². The van der Waals surface area contributed by atoms with E-state index in [0.717, 1.165) is 47.0 Å². The first kappa shape index (κ1) is 32.5. The van der Waals surface area contributed by atoms with Gasteiger partial charge in [-0.15, -0.1) is 0 Å². The smallest absolute Gasteiger partial charge is 0.253 e. The highest BCUT2D eigenvalue weighted by Crippen LogP contribution is 2.35. The van der Waals surface area contributed by atoms with Crippen LogP contribution in [0.25, 0.3) is 27.9 Å². The molecule has 4 heterocycles. The molecule has 3 aromatic heterocycles. The van der Waals surface area contributed by atoms with Crippen molar-refractivity contribution in [3.63, 3.8) is 0 Å². The fourth-order valence-corrected chi connectivity index (χ4v) is 6.04. The van der Waals surface area contributed by atoms with Gasteiger partial charge in [0.25, 0.3) is 5.91 Å². The molecule has 1 saturated heterocycles. The molecule has 0 unspecified atom stereocenters. The Morgan fingerprint density at radius 3 is 2.44 bits per heavy atom. The highest BCUT2D eigenvalue weighted by atomic mass is 19.1. The molecule has 0 spiro atoms. The lowest BCUT2D eigenvalue weighted by molar-refractivity contribution is -0.00271. The Labute approximate surface area is 274 Å². The number of piperidine rings is 1. The van der Waals surface area contributed by atoms with E-state index in [0.29, 0.717) is 37.2 Å². The van der Waals surface area contributed by atoms with Crippen LogP contribution in [0.4, 0.5) is 13.2 Å². The number of aromatic nitrogens is 3. The zero-order chi connectivity index (χ0) is 33.7. The zero-order valence-corrected chi connectivity index (χ0v) is 25.8. The van der Waals surface area contributed by atoms with E-state index >= 15 is 0 Å². The standard InChI is InChI=1S/C35H33F3N8O2/c36-26-4-1-24(2-5-26)33-32(23-9-13-40-14-10-23)31-8-3-25(18-46(31)44-33)34(47)43-28-11-15-45(16-12-28)20-35(48,19-41-22-42-21-39)29-7-6-27(37)17-30(29)38/h1-10,13-14,17-18,21-22,28,48H,11-12,15-16,19-20H2,(H,43,47)(H2,39,41,42)/t35-/m1/s1. The predicted octanol–water partition coefficient (Wildman–Crippen LogP) is 4.58. The van der Waals surface area contributed by atoms with E-state index in [1.165, 1.54) is 18.2 Å². The molecule has 10 nitrogen and oxygen atoms in total. The summed E-state index contributed by atoms with van der Waals surface area (Å²) in [6.45, 7) is 0.835. The Kier molecular flexibility index (Phi) is 9.60. The molecule has 0 aliphatic carbocycles. The number of nitrogens with two attached hydrogens (primary N) is 1. The molecule has 0 bridgehead atoms. The molecule has 2 aromatic carbocycles. The number of hydrogen-bond acceptors (Lipinski definition) is 6. The van der Waals surface area contributed by atoms with E-state index in [2.05, 4.69) is 20.3 Å². The van der Waals surface area contributed by atoms with Crippen molar-refractivity contribution in [2.45, 2.75) is 24.5 Å². The summed E-state index contributed by atoms with van der Waals surface area (Å²) in [7, 11) is 0. The molecule has 1 aliphatic rings. The lowest BCUT2D eigenvalue weighted by Gasteiger charge is -2.38. The maximum Gasteiger partial charge on any atom is 0.253 e. The van der Waals surface area contributed by atoms with Gasteiger partial charge in [-0.2, -0.15) is 5.10 Å². The number of hydrogen-bond donors (Lipinski definition) is 3. The molecule has 0 radical (unpaired) electrons. The average molecular weight is 655 g/mol. The van der Waals surface area contributed by atoms with Gasteiger partial charge in [0, 0.05) is 67.0 Å². The van der Waals surface area contributed by atoms with Crippen LogP contribution in [0.2, 0.25) is 0 Å². The first-order valence-electron chi connectivity index (χ1n) is 15.4. The van der Waals surface area contributed by atoms with Gasteiger partial charge in [-0.25, -0.2) is 22.7 Å². The van der Waals surface area contributed by atoms with Crippen molar-refractivity contribution in [1.29, 1.82) is 0 Å². The Morgan fingerprint density at radius 2 is 1.73 bits per heavy atom. The lowest BCUT2D eigenvalue weighted by atomic mass is 9.91. The molecule has 1 amide bonds. The van der Waals surface area contributed by atoms with Crippen LogP contribution in [0, 0.1) is 17.5 Å². The second kappa shape index (κ2) is 14.2. The van der Waals surface area contributed by atoms with E-state index in [9.17, 15) is 23.1 Å². The number of amides is 1. The number of carbonyl (C=O) groups excluding carboxylic acids is 1. The van der Waals surface area contributed by atoms with Gasteiger partial charge in [0.15, 0.2) is 0 Å². The normalized spacial score (nSPS) is 15.8. The van der Waals surface area contributed by atoms with Gasteiger partial charge in [0.1, 0.15) is 35.1 Å². The summed E-state index contributed by atoms with van der Waals surface area (Å²) < 4.78 is 43.7. The van der Waals surface area contributed by atoms with Gasteiger partial charge >= 0.3 is 0 Å². The van der Waals surface area contributed by atoms with Crippen molar-refractivity contribution in [3.05, 3.63) is 114 Å². The number of aliphatic hydroxyl groups is 1. The van der Waals surface area contributed by atoms with Gasteiger partial charge in [-0.3, -0.25) is 19.7 Å². The molecular formula is C35H33F3N8O2. The summed E-state index contributed by atoms with van der Waals surface area (Å²) in [6.07, 6.45) is 8.42. The van der Waals surface area contributed by atoms with Crippen molar-refractivity contribution in [2.75, 3.05) is 26.2 Å². The van der Waals surface area contributed by atoms with E-state index < -0.39 is 17.2 Å². The van der Waals surface area contributed by atoms with Gasteiger partial charge in [0.2, 0.25) is 0 Å². The van der Waals surface area contributed by atoms with Crippen molar-refractivity contribution < 1.29 is 23.1 Å². The Hall–Kier alpha value is -5.40. The molecule has 6 rings (SSSR count). The van der Waals surface area contributed by atoms with Crippen molar-refractivity contribution >= 4 is 24.1 Å². The number of fused-ring (bicyclic) bond motifs is 1. The topological polar surface area (TPSA) is 134 Å². The van der Waals surface area contributed by atoms with Crippen LogP contribution in [-0.2, 0) is 5.60 Å². The minimum Gasteiger partial charge on any atom is -0.390 e. The van der Waals surface area contributed by atoms with Crippen LogP contribution in [0.1, 0.15) is 28.8 Å². The maximum absolute atomic E-state index is 14.8. The summed E-state index contributed by atoms with van der Waals surface area (Å²) in [4.78, 5) is 27.2. The summed E-state index contributed by atoms with van der Waals surface area (Å²) >= 11 is 0. The van der Waals surface area contributed by atoms with Gasteiger partial charge in [0.05, 0.1) is 24.0 Å². The fraction of sp³-hybridized carbons (Fsp3) is 0.229. The lowest BCUT2D eigenvalue weighted by Crippen LogP contribution is -2.50. The number of benzene rings is 2. The SMILES string of the molecule is NC=NC=NC[C@@](O)(CN1CCC(NC(=O)c2ccc3c(-c4ccncc4)c(-c4ccc(F)cc4)nn3c2)CC1)c1ccc(F)cc1F. The Balaban J connectivity index is 1.16. The predicted molar refractivity (Wildman–Crippen MR) is 177 cm³/mol. The van der Waals surface area contributed by atoms with Crippen LogP contribution < -0.4 is 11.1 Å². The number of rotatable bonds is 10. The molecule has 1 fully saturated rings. The zero-order valence-electron chi connectivity index (χ0n) is 25.8. The Bertz CT molecular complexity index is 1960. The summed E-state index contributed by atoms with van der Waals surface area (Å²) in [6, 6.07) is 16.3. The van der Waals surface area contributed by atoms with Crippen LogP contribution in [0.3, 0.4) is 0 Å². The number of nitrogens with one attached hydrogen (secondary N) is 1. The van der Waals surface area contributed by atoms with E-state index in [1.54, 1.807) is 41.3 Å². The van der Waals surface area contributed by atoms with Crippen LogP contribution in [-0.4, -0.2) is 75.4 Å². The van der Waals surface area contributed by atoms with Gasteiger partial charge in [-0.1, -0.05) is 6.07 Å². The van der Waals surface area contributed by atoms with Crippen LogP contribution in [0.5, 0.6) is 0 Å². The van der Waals surface area contributed by atoms with Crippen LogP contribution in [0.15, 0.2) is 95.3 Å². The number of pyridine rings is 2. The third kappa shape index (κ3) is 7.11. The summed E-state index contributed by atoms with van der Waals surface area (Å²) in [5, 5.41) is 19.4. The first-order chi connectivity index (χ1) is 23.2. The number of aliphatic imine (C=N–C) groups is 2. The first-order valence-corrected chi connectivity index (χ1v) is 15.4. The van der Waals surface area contributed by atoms with E-state index in [-0.39, 0.29) is 36.4 Å². The number of halogens is 3.